The van der Waals surface area contributed by atoms with Crippen LogP contribution in [0.2, 0.25) is 0 Å². The Labute approximate surface area is 224 Å². The van der Waals surface area contributed by atoms with Gasteiger partial charge in [-0.15, -0.1) is 0 Å². The number of phenols is 1. The number of nitrogens with zero attached hydrogens (tertiary/aromatic N) is 1. The summed E-state index contributed by atoms with van der Waals surface area (Å²) in [6, 6.07) is 15.5. The van der Waals surface area contributed by atoms with E-state index in [0.717, 1.165) is 48.4 Å². The second-order valence-electron chi connectivity index (χ2n) is 10.1. The molecule has 1 atom stereocenters. The number of alkyl halides is 4. The van der Waals surface area contributed by atoms with E-state index >= 15 is 4.39 Å². The summed E-state index contributed by atoms with van der Waals surface area (Å²) in [5.41, 5.74) is 3.25. The van der Waals surface area contributed by atoms with Crippen LogP contribution in [0.15, 0.2) is 60.7 Å². The predicted molar refractivity (Wildman–Crippen MR) is 141 cm³/mol. The van der Waals surface area contributed by atoms with E-state index in [1.165, 1.54) is 18.2 Å². The lowest BCUT2D eigenvalue weighted by molar-refractivity contribution is -0.137. The number of benzene rings is 3. The fourth-order valence-electron chi connectivity index (χ4n) is 5.57. The third kappa shape index (κ3) is 5.96. The van der Waals surface area contributed by atoms with Gasteiger partial charge in [-0.05, 0) is 95.8 Å². The van der Waals surface area contributed by atoms with Crippen molar-refractivity contribution in [3.05, 3.63) is 94.3 Å². The summed E-state index contributed by atoms with van der Waals surface area (Å²) in [5, 5.41) is 10.0. The number of allylic oxidation sites excluding steroid dienone is 1. The van der Waals surface area contributed by atoms with Crippen molar-refractivity contribution < 1.29 is 31.8 Å². The Morgan fingerprint density at radius 1 is 0.923 bits per heavy atom. The number of aromatic hydroxyl groups is 1. The lowest BCUT2D eigenvalue weighted by Crippen LogP contribution is -2.26. The molecule has 2 aliphatic rings. The summed E-state index contributed by atoms with van der Waals surface area (Å²) in [6.07, 6.45) is -1.56. The molecule has 0 amide bonds. The molecule has 0 spiro atoms. The van der Waals surface area contributed by atoms with Crippen LogP contribution >= 0.6 is 0 Å². The van der Waals surface area contributed by atoms with Crippen LogP contribution in [-0.2, 0) is 12.6 Å². The van der Waals surface area contributed by atoms with Crippen molar-refractivity contribution in [2.75, 3.05) is 26.3 Å². The Morgan fingerprint density at radius 3 is 2.33 bits per heavy atom. The van der Waals surface area contributed by atoms with Gasteiger partial charge in [0.15, 0.2) is 11.6 Å². The van der Waals surface area contributed by atoms with Crippen LogP contribution in [0.1, 0.15) is 53.5 Å². The van der Waals surface area contributed by atoms with Crippen LogP contribution < -0.4 is 4.74 Å². The molecule has 0 aromatic heterocycles. The minimum absolute atomic E-state index is 0.00747. The van der Waals surface area contributed by atoms with Gasteiger partial charge in [0.05, 0.1) is 12.2 Å². The number of hydrogen-bond donors (Lipinski definition) is 1. The minimum Gasteiger partial charge on any atom is -0.505 e. The highest BCUT2D eigenvalue weighted by atomic mass is 19.4. The molecule has 3 nitrogen and oxygen atoms in total. The molecule has 1 fully saturated rings. The van der Waals surface area contributed by atoms with Crippen molar-refractivity contribution in [1.29, 1.82) is 0 Å². The van der Waals surface area contributed by atoms with Crippen molar-refractivity contribution in [3.63, 3.8) is 0 Å². The first kappa shape index (κ1) is 27.2. The molecule has 206 valence electrons. The molecule has 0 bridgehead atoms. The molecular formula is C31H30F5NO2. The van der Waals surface area contributed by atoms with Crippen LogP contribution in [-0.4, -0.2) is 42.4 Å². The summed E-state index contributed by atoms with van der Waals surface area (Å²) in [5.74, 6) is -0.414. The zero-order valence-electron chi connectivity index (χ0n) is 21.4. The van der Waals surface area contributed by atoms with Crippen LogP contribution in [0.4, 0.5) is 22.0 Å². The van der Waals surface area contributed by atoms with E-state index in [-0.39, 0.29) is 12.8 Å². The van der Waals surface area contributed by atoms with Gasteiger partial charge in [-0.25, -0.2) is 4.39 Å². The van der Waals surface area contributed by atoms with E-state index in [0.29, 0.717) is 54.7 Å². The first-order valence-corrected chi connectivity index (χ1v) is 13.2. The van der Waals surface area contributed by atoms with E-state index in [1.54, 1.807) is 6.07 Å². The van der Waals surface area contributed by atoms with Gasteiger partial charge in [-0.3, -0.25) is 9.29 Å². The van der Waals surface area contributed by atoms with E-state index in [4.69, 9.17) is 4.74 Å². The first-order chi connectivity index (χ1) is 18.7. The van der Waals surface area contributed by atoms with E-state index < -0.39 is 23.3 Å². The van der Waals surface area contributed by atoms with E-state index in [9.17, 15) is 22.7 Å². The van der Waals surface area contributed by atoms with E-state index in [1.807, 2.05) is 24.3 Å². The molecule has 8 heteroatoms. The Morgan fingerprint density at radius 2 is 1.64 bits per heavy atom. The number of rotatable bonds is 7. The molecule has 3 aromatic carbocycles. The number of likely N-dealkylation sites (tertiary alicyclic amines) is 1. The van der Waals surface area contributed by atoms with Gasteiger partial charge in [-0.1, -0.05) is 30.3 Å². The average Bonchev–Trinajstić information content (AvgIpc) is 3.27. The molecule has 1 aliphatic carbocycles. The monoisotopic (exact) mass is 543 g/mol. The largest absolute Gasteiger partial charge is 0.505 e. The summed E-state index contributed by atoms with van der Waals surface area (Å²) in [6.45, 7) is 1.98. The van der Waals surface area contributed by atoms with Gasteiger partial charge in [0.25, 0.3) is 0 Å². The number of hydrogen-bond acceptors (Lipinski definition) is 3. The molecule has 3 aromatic rings. The first-order valence-electron chi connectivity index (χ1n) is 13.2. The highest BCUT2D eigenvalue weighted by Gasteiger charge is 2.31. The zero-order chi connectivity index (χ0) is 27.6. The van der Waals surface area contributed by atoms with Crippen molar-refractivity contribution in [2.24, 2.45) is 0 Å². The molecule has 5 rings (SSSR count). The standard InChI is InChI=1S/C31H30F5NO2/c32-16-2-17-37-18-15-24(19-37)39-23-11-7-21(8-12-23)29-25(20-5-9-22(10-6-20)31(34,35)36)3-1-4-27-26(29)13-14-28(38)30(27)33/h5-14,24,38H,1-4,15-19H2/t24-/m0/s1. The van der Waals surface area contributed by atoms with Crippen molar-refractivity contribution in [2.45, 2.75) is 44.4 Å². The van der Waals surface area contributed by atoms with Gasteiger partial charge >= 0.3 is 6.18 Å². The molecule has 1 saturated heterocycles. The maximum atomic E-state index is 15.0. The number of fused-ring (bicyclic) bond motifs is 1. The Kier molecular flexibility index (Phi) is 7.93. The van der Waals surface area contributed by atoms with Gasteiger partial charge in [0.2, 0.25) is 0 Å². The summed E-state index contributed by atoms with van der Waals surface area (Å²) < 4.78 is 73.3. The molecule has 1 aliphatic heterocycles. The Bertz CT molecular complexity index is 1330. The smallest absolute Gasteiger partial charge is 0.416 e. The third-order valence-corrected chi connectivity index (χ3v) is 7.49. The quantitative estimate of drug-likeness (QED) is 0.311. The van der Waals surface area contributed by atoms with E-state index in [2.05, 4.69) is 4.90 Å². The minimum atomic E-state index is -4.44. The van der Waals surface area contributed by atoms with Crippen molar-refractivity contribution in [1.82, 2.24) is 4.90 Å². The fourth-order valence-corrected chi connectivity index (χ4v) is 5.57. The normalized spacial score (nSPS) is 18.2. The van der Waals surface area contributed by atoms with Gasteiger partial charge < -0.3 is 9.84 Å². The molecule has 0 unspecified atom stereocenters. The summed E-state index contributed by atoms with van der Waals surface area (Å²) in [4.78, 5) is 2.19. The SMILES string of the molecule is Oc1ccc2c(c1F)CCCC(c1ccc(C(F)(F)F)cc1)=C2c1ccc(O[C@H]2CCN(CCCF)C2)cc1. The van der Waals surface area contributed by atoms with Crippen LogP contribution in [0.3, 0.4) is 0 Å². The maximum Gasteiger partial charge on any atom is 0.416 e. The lowest BCUT2D eigenvalue weighted by atomic mass is 9.87. The summed E-state index contributed by atoms with van der Waals surface area (Å²) >= 11 is 0. The fraction of sp³-hybridized carbons (Fsp3) is 0.355. The second-order valence-corrected chi connectivity index (χ2v) is 10.1. The predicted octanol–water partition coefficient (Wildman–Crippen LogP) is 7.66. The molecule has 0 radical (unpaired) electrons. The van der Waals surface area contributed by atoms with Gasteiger partial charge in [0.1, 0.15) is 11.9 Å². The Balaban J connectivity index is 1.50. The molecular weight excluding hydrogens is 513 g/mol. The molecule has 1 N–H and O–H groups in total. The van der Waals surface area contributed by atoms with Crippen molar-refractivity contribution in [3.8, 4) is 11.5 Å². The highest BCUT2D eigenvalue weighted by molar-refractivity contribution is 6.00. The highest BCUT2D eigenvalue weighted by Crippen LogP contribution is 2.42. The van der Waals surface area contributed by atoms with Crippen LogP contribution in [0.5, 0.6) is 11.5 Å². The Hall–Kier alpha value is -3.39. The average molecular weight is 544 g/mol. The van der Waals surface area contributed by atoms with Crippen molar-refractivity contribution >= 4 is 11.1 Å². The molecule has 39 heavy (non-hydrogen) atoms. The second kappa shape index (κ2) is 11.4. The number of ether oxygens (including phenoxy) is 1. The lowest BCUT2D eigenvalue weighted by Gasteiger charge is -2.19. The molecule has 1 heterocycles. The molecule has 0 saturated carbocycles. The van der Waals surface area contributed by atoms with Crippen LogP contribution in [0, 0.1) is 5.82 Å². The maximum absolute atomic E-state index is 15.0. The summed E-state index contributed by atoms with van der Waals surface area (Å²) in [7, 11) is 0. The topological polar surface area (TPSA) is 32.7 Å². The number of phenolic OH excluding ortho intramolecular Hbond substituents is 1. The van der Waals surface area contributed by atoms with Gasteiger partial charge in [-0.2, -0.15) is 13.2 Å². The van der Waals surface area contributed by atoms with Crippen LogP contribution in [0.25, 0.3) is 11.1 Å². The zero-order valence-corrected chi connectivity index (χ0v) is 21.4. The van der Waals surface area contributed by atoms with Gasteiger partial charge in [0, 0.05) is 19.6 Å². The third-order valence-electron chi connectivity index (χ3n) is 7.49. The number of halogens is 5.